The number of rotatable bonds is 2. The quantitative estimate of drug-likeness (QED) is 0.745. The van der Waals surface area contributed by atoms with Gasteiger partial charge in [-0.25, -0.2) is 4.79 Å². The molecular formula is C13H13N5O3. The fraction of sp³-hybridized carbons (Fsp3) is 0.231. The molecule has 3 rings (SSSR count). The Bertz CT molecular complexity index is 724. The second-order valence-corrected chi connectivity index (χ2v) is 4.75. The maximum atomic E-state index is 12.4. The second kappa shape index (κ2) is 4.89. The lowest BCUT2D eigenvalue weighted by Gasteiger charge is -2.28. The monoisotopic (exact) mass is 287 g/mol. The van der Waals surface area contributed by atoms with E-state index in [9.17, 15) is 9.59 Å². The van der Waals surface area contributed by atoms with E-state index in [2.05, 4.69) is 15.2 Å². The van der Waals surface area contributed by atoms with Crippen LogP contribution in [0.25, 0.3) is 0 Å². The number of anilines is 2. The van der Waals surface area contributed by atoms with Crippen molar-refractivity contribution in [3.8, 4) is 0 Å². The van der Waals surface area contributed by atoms with Crippen LogP contribution in [0.3, 0.4) is 0 Å². The molecule has 4 N–H and O–H groups in total. The van der Waals surface area contributed by atoms with Gasteiger partial charge in [0.2, 0.25) is 11.8 Å². The summed E-state index contributed by atoms with van der Waals surface area (Å²) in [5.74, 6) is -1.23. The van der Waals surface area contributed by atoms with Crippen molar-refractivity contribution in [3.05, 3.63) is 35.2 Å². The van der Waals surface area contributed by atoms with Crippen molar-refractivity contribution in [2.45, 2.75) is 12.8 Å². The molecular weight excluding hydrogens is 274 g/mol. The number of aryl methyl sites for hydroxylation is 1. The predicted molar refractivity (Wildman–Crippen MR) is 74.2 cm³/mol. The van der Waals surface area contributed by atoms with Crippen molar-refractivity contribution in [1.82, 2.24) is 15.2 Å². The highest BCUT2D eigenvalue weighted by Gasteiger charge is 2.26. The molecule has 1 aromatic heterocycles. The summed E-state index contributed by atoms with van der Waals surface area (Å²) in [6.45, 7) is 0.541. The Balaban J connectivity index is 1.97. The number of aromatic carboxylic acids is 1. The van der Waals surface area contributed by atoms with Gasteiger partial charge in [-0.3, -0.25) is 9.89 Å². The average molecular weight is 287 g/mol. The molecule has 0 unspecified atom stereocenters. The molecule has 0 bridgehead atoms. The van der Waals surface area contributed by atoms with Gasteiger partial charge >= 0.3 is 5.97 Å². The van der Waals surface area contributed by atoms with Crippen molar-refractivity contribution < 1.29 is 14.7 Å². The lowest BCUT2D eigenvalue weighted by molar-refractivity contribution is 0.0696. The second-order valence-electron chi connectivity index (χ2n) is 4.75. The number of nitrogens with zero attached hydrogens (tertiary/aromatic N) is 3. The molecule has 1 aromatic carbocycles. The molecule has 1 aliphatic heterocycles. The van der Waals surface area contributed by atoms with E-state index in [-0.39, 0.29) is 23.2 Å². The van der Waals surface area contributed by atoms with Crippen LogP contribution in [0.15, 0.2) is 18.2 Å². The highest BCUT2D eigenvalue weighted by Crippen LogP contribution is 2.29. The van der Waals surface area contributed by atoms with E-state index in [1.54, 1.807) is 17.0 Å². The summed E-state index contributed by atoms with van der Waals surface area (Å²) in [7, 11) is 0. The van der Waals surface area contributed by atoms with E-state index in [1.165, 1.54) is 6.07 Å². The number of fused-ring (bicyclic) bond motifs is 1. The number of nitrogens with one attached hydrogen (secondary N) is 1. The normalized spacial score (nSPS) is 13.8. The van der Waals surface area contributed by atoms with Crippen LogP contribution in [-0.2, 0) is 6.42 Å². The lowest BCUT2D eigenvalue weighted by Crippen LogP contribution is -2.36. The zero-order valence-corrected chi connectivity index (χ0v) is 11.0. The van der Waals surface area contributed by atoms with E-state index in [0.717, 1.165) is 18.4 Å². The molecule has 1 aliphatic rings. The Hall–Kier alpha value is -2.90. The number of benzene rings is 1. The first kappa shape index (κ1) is 13.1. The molecule has 0 saturated carbocycles. The summed E-state index contributed by atoms with van der Waals surface area (Å²) in [6, 6.07) is 4.74. The minimum absolute atomic E-state index is 0.0109. The molecule has 0 fully saturated rings. The molecule has 2 aromatic rings. The zero-order chi connectivity index (χ0) is 15.0. The highest BCUT2D eigenvalue weighted by molar-refractivity contribution is 6.04. The first-order valence-electron chi connectivity index (χ1n) is 6.42. The number of H-pyrrole nitrogens is 1. The number of carboxylic acids is 1. The largest absolute Gasteiger partial charge is 0.478 e. The number of aromatic nitrogens is 3. The fourth-order valence-corrected chi connectivity index (χ4v) is 2.44. The van der Waals surface area contributed by atoms with Gasteiger partial charge in [-0.15, -0.1) is 5.10 Å². The molecule has 0 saturated heterocycles. The summed E-state index contributed by atoms with van der Waals surface area (Å²) >= 11 is 0. The van der Waals surface area contributed by atoms with Crippen LogP contribution in [-0.4, -0.2) is 38.7 Å². The van der Waals surface area contributed by atoms with Crippen LogP contribution in [0.1, 0.15) is 33.0 Å². The van der Waals surface area contributed by atoms with E-state index >= 15 is 0 Å². The van der Waals surface area contributed by atoms with Gasteiger partial charge in [-0.2, -0.15) is 4.98 Å². The molecule has 8 nitrogen and oxygen atoms in total. The summed E-state index contributed by atoms with van der Waals surface area (Å²) in [5, 5.41) is 15.2. The topological polar surface area (TPSA) is 125 Å². The van der Waals surface area contributed by atoms with E-state index < -0.39 is 5.97 Å². The number of carbonyl (C=O) groups is 2. The Labute approximate surface area is 119 Å². The molecule has 0 aliphatic carbocycles. The van der Waals surface area contributed by atoms with Crippen LogP contribution < -0.4 is 10.6 Å². The maximum Gasteiger partial charge on any atom is 0.335 e. The minimum Gasteiger partial charge on any atom is -0.478 e. The van der Waals surface area contributed by atoms with Crippen LogP contribution in [0, 0.1) is 0 Å². The van der Waals surface area contributed by atoms with E-state index in [1.807, 2.05) is 0 Å². The Kier molecular flexibility index (Phi) is 3.05. The van der Waals surface area contributed by atoms with Crippen LogP contribution in [0.4, 0.5) is 11.6 Å². The molecule has 108 valence electrons. The third-order valence-electron chi connectivity index (χ3n) is 3.40. The first-order chi connectivity index (χ1) is 10.1. The zero-order valence-electron chi connectivity index (χ0n) is 11.0. The Morgan fingerprint density at radius 2 is 2.19 bits per heavy atom. The van der Waals surface area contributed by atoms with Gasteiger partial charge < -0.3 is 15.7 Å². The molecule has 21 heavy (non-hydrogen) atoms. The molecule has 0 atom stereocenters. The third-order valence-corrected chi connectivity index (χ3v) is 3.40. The number of aromatic amines is 1. The fourth-order valence-electron chi connectivity index (χ4n) is 2.44. The van der Waals surface area contributed by atoms with E-state index in [0.29, 0.717) is 12.2 Å². The summed E-state index contributed by atoms with van der Waals surface area (Å²) < 4.78 is 0. The third kappa shape index (κ3) is 2.31. The van der Waals surface area contributed by atoms with Crippen LogP contribution >= 0.6 is 0 Å². The average Bonchev–Trinajstić information content (AvgIpc) is 2.91. The summed E-state index contributed by atoms with van der Waals surface area (Å²) in [4.78, 5) is 28.8. The van der Waals surface area contributed by atoms with Gasteiger partial charge in [0, 0.05) is 12.2 Å². The SMILES string of the molecule is Nc1n[nH]c(C(=O)N2CCCc3cc(C(=O)O)ccc32)n1. The summed E-state index contributed by atoms with van der Waals surface area (Å²) in [6.07, 6.45) is 1.49. The number of carbonyl (C=O) groups excluding carboxylic acids is 1. The molecule has 8 heteroatoms. The van der Waals surface area contributed by atoms with Crippen molar-refractivity contribution in [1.29, 1.82) is 0 Å². The van der Waals surface area contributed by atoms with Gasteiger partial charge in [0.05, 0.1) is 5.56 Å². The summed E-state index contributed by atoms with van der Waals surface area (Å²) in [5.41, 5.74) is 7.15. The Morgan fingerprint density at radius 3 is 2.86 bits per heavy atom. The standard InChI is InChI=1S/C13H13N5O3/c14-13-15-10(16-17-13)11(19)18-5-1-2-7-6-8(12(20)21)3-4-9(7)18/h3-4,6H,1-2,5H2,(H,20,21)(H3,14,15,16,17). The van der Waals surface area contributed by atoms with Crippen molar-refractivity contribution >= 4 is 23.5 Å². The van der Waals surface area contributed by atoms with Gasteiger partial charge in [-0.05, 0) is 36.6 Å². The molecule has 0 spiro atoms. The number of hydrogen-bond acceptors (Lipinski definition) is 5. The number of hydrogen-bond donors (Lipinski definition) is 3. The van der Waals surface area contributed by atoms with E-state index in [4.69, 9.17) is 10.8 Å². The smallest absolute Gasteiger partial charge is 0.335 e. The van der Waals surface area contributed by atoms with Crippen molar-refractivity contribution in [3.63, 3.8) is 0 Å². The maximum absolute atomic E-state index is 12.4. The van der Waals surface area contributed by atoms with Crippen LogP contribution in [0.2, 0.25) is 0 Å². The minimum atomic E-state index is -0.982. The predicted octanol–water partition coefficient (Wildman–Crippen LogP) is 0.678. The highest BCUT2D eigenvalue weighted by atomic mass is 16.4. The van der Waals surface area contributed by atoms with Crippen molar-refractivity contribution in [2.24, 2.45) is 0 Å². The van der Waals surface area contributed by atoms with Gasteiger partial charge in [0.1, 0.15) is 0 Å². The molecule has 1 amide bonds. The lowest BCUT2D eigenvalue weighted by atomic mass is 9.99. The first-order valence-corrected chi connectivity index (χ1v) is 6.42. The van der Waals surface area contributed by atoms with Crippen molar-refractivity contribution in [2.75, 3.05) is 17.2 Å². The van der Waals surface area contributed by atoms with Gasteiger partial charge in [-0.1, -0.05) is 0 Å². The molecule has 2 heterocycles. The number of nitrogens with two attached hydrogens (primary N) is 1. The number of nitrogen functional groups attached to an aromatic ring is 1. The molecule has 0 radical (unpaired) electrons. The van der Waals surface area contributed by atoms with Gasteiger partial charge in [0.15, 0.2) is 0 Å². The van der Waals surface area contributed by atoms with Gasteiger partial charge in [0.25, 0.3) is 5.91 Å². The van der Waals surface area contributed by atoms with Crippen LogP contribution in [0.5, 0.6) is 0 Å². The Morgan fingerprint density at radius 1 is 1.38 bits per heavy atom. The number of carboxylic acid groups (broad SMARTS) is 1. The number of amides is 1.